The molecule has 0 saturated carbocycles. The SMILES string of the molecule is CCN(CC)C(=O)c1cccc(C(c2cccc(OC)c2)N2C[C@@H](C)N(Cc3cccc(OC)c3)C[C@H]2C)c1. The number of amides is 1. The Bertz CT molecular complexity index is 1240. The molecular weight excluding hydrogens is 486 g/mol. The molecule has 0 N–H and O–H groups in total. The molecule has 1 amide bonds. The number of ether oxygens (including phenoxy) is 2. The molecule has 4 rings (SSSR count). The maximum Gasteiger partial charge on any atom is 0.253 e. The second-order valence-electron chi connectivity index (χ2n) is 10.5. The molecule has 1 saturated heterocycles. The van der Waals surface area contributed by atoms with Crippen molar-refractivity contribution in [1.29, 1.82) is 0 Å². The van der Waals surface area contributed by atoms with E-state index >= 15 is 0 Å². The topological polar surface area (TPSA) is 45.2 Å². The van der Waals surface area contributed by atoms with E-state index in [1.165, 1.54) is 11.1 Å². The number of methoxy groups -OCH3 is 2. The van der Waals surface area contributed by atoms with E-state index in [9.17, 15) is 4.79 Å². The van der Waals surface area contributed by atoms with Crippen LogP contribution in [0.15, 0.2) is 72.8 Å². The first kappa shape index (κ1) is 28.7. The molecule has 39 heavy (non-hydrogen) atoms. The first-order valence-electron chi connectivity index (χ1n) is 14.0. The lowest BCUT2D eigenvalue weighted by molar-refractivity contribution is 0.0194. The van der Waals surface area contributed by atoms with Gasteiger partial charge in [-0.05, 0) is 80.8 Å². The zero-order valence-electron chi connectivity index (χ0n) is 24.3. The summed E-state index contributed by atoms with van der Waals surface area (Å²) in [6, 6.07) is 25.5. The number of benzene rings is 3. The van der Waals surface area contributed by atoms with E-state index in [0.717, 1.165) is 42.3 Å². The largest absolute Gasteiger partial charge is 0.497 e. The Morgan fingerprint density at radius 2 is 1.46 bits per heavy atom. The van der Waals surface area contributed by atoms with Gasteiger partial charge in [0.1, 0.15) is 11.5 Å². The fourth-order valence-electron chi connectivity index (χ4n) is 5.73. The van der Waals surface area contributed by atoms with Crippen LogP contribution in [0.1, 0.15) is 60.8 Å². The molecule has 208 valence electrons. The van der Waals surface area contributed by atoms with Gasteiger partial charge in [0.25, 0.3) is 5.91 Å². The number of hydrogen-bond donors (Lipinski definition) is 0. The molecule has 1 aliphatic heterocycles. The smallest absolute Gasteiger partial charge is 0.253 e. The van der Waals surface area contributed by atoms with Gasteiger partial charge in [-0.15, -0.1) is 0 Å². The van der Waals surface area contributed by atoms with Gasteiger partial charge in [-0.25, -0.2) is 0 Å². The molecule has 0 aliphatic carbocycles. The van der Waals surface area contributed by atoms with E-state index in [4.69, 9.17) is 9.47 Å². The summed E-state index contributed by atoms with van der Waals surface area (Å²) in [5, 5.41) is 0. The zero-order chi connectivity index (χ0) is 27.9. The number of nitrogens with zero attached hydrogens (tertiary/aromatic N) is 3. The Balaban J connectivity index is 1.66. The van der Waals surface area contributed by atoms with E-state index < -0.39 is 0 Å². The first-order valence-corrected chi connectivity index (χ1v) is 14.0. The predicted molar refractivity (Wildman–Crippen MR) is 158 cm³/mol. The molecule has 1 unspecified atom stereocenters. The quantitative estimate of drug-likeness (QED) is 0.329. The third-order valence-corrected chi connectivity index (χ3v) is 7.92. The molecule has 0 radical (unpaired) electrons. The van der Waals surface area contributed by atoms with Gasteiger partial charge in [-0.1, -0.05) is 36.4 Å². The second kappa shape index (κ2) is 13.1. The average Bonchev–Trinajstić information content (AvgIpc) is 2.96. The molecular formula is C33H43N3O3. The molecule has 0 bridgehead atoms. The maximum absolute atomic E-state index is 13.3. The highest BCUT2D eigenvalue weighted by Gasteiger charge is 2.35. The van der Waals surface area contributed by atoms with Gasteiger partial charge >= 0.3 is 0 Å². The standard InChI is InChI=1S/C33H43N3O3/c1-7-34(8-2)33(37)29-15-10-13-27(19-29)32(28-14-11-17-31(20-28)39-6)36-22-24(3)35(21-25(36)4)23-26-12-9-16-30(18-26)38-5/h9-20,24-25,32H,7-8,21-23H2,1-6H3/t24-,25-,32?/m1/s1. The van der Waals surface area contributed by atoms with Crippen molar-refractivity contribution in [3.8, 4) is 11.5 Å². The van der Waals surface area contributed by atoms with Crippen LogP contribution in [0.5, 0.6) is 11.5 Å². The molecule has 3 aromatic carbocycles. The van der Waals surface area contributed by atoms with Gasteiger partial charge < -0.3 is 14.4 Å². The van der Waals surface area contributed by atoms with E-state index in [0.29, 0.717) is 25.2 Å². The molecule has 6 nitrogen and oxygen atoms in total. The Morgan fingerprint density at radius 3 is 2.13 bits per heavy atom. The number of piperazine rings is 1. The van der Waals surface area contributed by atoms with Crippen molar-refractivity contribution in [3.05, 3.63) is 95.1 Å². The fourth-order valence-corrected chi connectivity index (χ4v) is 5.73. The summed E-state index contributed by atoms with van der Waals surface area (Å²) in [5.74, 6) is 1.81. The minimum atomic E-state index is 0.000900. The van der Waals surface area contributed by atoms with E-state index in [2.05, 4.69) is 72.2 Å². The Morgan fingerprint density at radius 1 is 0.846 bits per heavy atom. The lowest BCUT2D eigenvalue weighted by Crippen LogP contribution is -2.56. The molecule has 0 aromatic heterocycles. The number of carbonyl (C=O) groups is 1. The van der Waals surface area contributed by atoms with Gasteiger partial charge in [0.2, 0.25) is 0 Å². The lowest BCUT2D eigenvalue weighted by Gasteiger charge is -2.48. The van der Waals surface area contributed by atoms with Crippen molar-refractivity contribution in [2.24, 2.45) is 0 Å². The fraction of sp³-hybridized carbons (Fsp3) is 0.424. The van der Waals surface area contributed by atoms with Crippen LogP contribution in [0.25, 0.3) is 0 Å². The summed E-state index contributed by atoms with van der Waals surface area (Å²) >= 11 is 0. The van der Waals surface area contributed by atoms with Crippen LogP contribution in [0, 0.1) is 0 Å². The lowest BCUT2D eigenvalue weighted by atomic mass is 9.92. The normalized spacial score (nSPS) is 18.9. The van der Waals surface area contributed by atoms with Crippen molar-refractivity contribution in [2.45, 2.75) is 52.4 Å². The second-order valence-corrected chi connectivity index (χ2v) is 10.5. The third kappa shape index (κ3) is 6.63. The molecule has 3 aromatic rings. The summed E-state index contributed by atoms with van der Waals surface area (Å²) in [4.78, 5) is 20.3. The first-order chi connectivity index (χ1) is 18.9. The molecule has 3 atom stereocenters. The van der Waals surface area contributed by atoms with E-state index in [1.54, 1.807) is 14.2 Å². The minimum absolute atomic E-state index is 0.000900. The Hall–Kier alpha value is -3.35. The predicted octanol–water partition coefficient (Wildman–Crippen LogP) is 5.87. The van der Waals surface area contributed by atoms with Crippen LogP contribution in [-0.2, 0) is 6.54 Å². The Labute approximate surface area is 234 Å². The van der Waals surface area contributed by atoms with Crippen molar-refractivity contribution < 1.29 is 14.3 Å². The van der Waals surface area contributed by atoms with Gasteiger partial charge in [-0.3, -0.25) is 14.6 Å². The average molecular weight is 530 g/mol. The van der Waals surface area contributed by atoms with Crippen LogP contribution < -0.4 is 9.47 Å². The van der Waals surface area contributed by atoms with E-state index in [-0.39, 0.29) is 11.9 Å². The van der Waals surface area contributed by atoms with Crippen molar-refractivity contribution in [3.63, 3.8) is 0 Å². The molecule has 1 aliphatic rings. The van der Waals surface area contributed by atoms with Gasteiger partial charge in [-0.2, -0.15) is 0 Å². The minimum Gasteiger partial charge on any atom is -0.497 e. The van der Waals surface area contributed by atoms with Crippen molar-refractivity contribution in [2.75, 3.05) is 40.4 Å². The van der Waals surface area contributed by atoms with Crippen LogP contribution in [0.4, 0.5) is 0 Å². The Kier molecular flexibility index (Phi) is 9.65. The highest BCUT2D eigenvalue weighted by Crippen LogP contribution is 2.35. The summed E-state index contributed by atoms with van der Waals surface area (Å²) in [7, 11) is 3.42. The molecule has 1 fully saturated rings. The van der Waals surface area contributed by atoms with E-state index in [1.807, 2.05) is 43.0 Å². The number of carbonyl (C=O) groups excluding carboxylic acids is 1. The maximum atomic E-state index is 13.3. The van der Waals surface area contributed by atoms with Gasteiger partial charge in [0, 0.05) is 50.4 Å². The highest BCUT2D eigenvalue weighted by atomic mass is 16.5. The number of hydrogen-bond acceptors (Lipinski definition) is 5. The van der Waals surface area contributed by atoms with Crippen LogP contribution in [0.3, 0.4) is 0 Å². The summed E-state index contributed by atoms with van der Waals surface area (Å²) in [6.07, 6.45) is 0. The summed E-state index contributed by atoms with van der Waals surface area (Å²) in [5.41, 5.74) is 4.29. The van der Waals surface area contributed by atoms with Gasteiger partial charge in [0.15, 0.2) is 0 Å². The molecule has 6 heteroatoms. The summed E-state index contributed by atoms with van der Waals surface area (Å²) in [6.45, 7) is 12.8. The molecule has 1 heterocycles. The zero-order valence-corrected chi connectivity index (χ0v) is 24.3. The molecule has 0 spiro atoms. The van der Waals surface area contributed by atoms with Crippen molar-refractivity contribution >= 4 is 5.91 Å². The van der Waals surface area contributed by atoms with Crippen LogP contribution >= 0.6 is 0 Å². The monoisotopic (exact) mass is 529 g/mol. The highest BCUT2D eigenvalue weighted by molar-refractivity contribution is 5.94. The number of rotatable bonds is 10. The third-order valence-electron chi connectivity index (χ3n) is 7.92. The summed E-state index contributed by atoms with van der Waals surface area (Å²) < 4.78 is 11.1. The van der Waals surface area contributed by atoms with Crippen LogP contribution in [-0.4, -0.2) is 73.1 Å². The van der Waals surface area contributed by atoms with Crippen molar-refractivity contribution in [1.82, 2.24) is 14.7 Å². The van der Waals surface area contributed by atoms with Crippen LogP contribution in [0.2, 0.25) is 0 Å². The van der Waals surface area contributed by atoms with Gasteiger partial charge in [0.05, 0.1) is 20.3 Å².